The van der Waals surface area contributed by atoms with Crippen LogP contribution in [0.5, 0.6) is 0 Å². The van der Waals surface area contributed by atoms with Crippen LogP contribution in [0.4, 0.5) is 5.69 Å². The first kappa shape index (κ1) is 13.7. The normalized spacial score (nSPS) is 23.9. The third kappa shape index (κ3) is 2.81. The predicted octanol–water partition coefficient (Wildman–Crippen LogP) is 4.58. The van der Waals surface area contributed by atoms with Gasteiger partial charge in [-0.15, -0.1) is 0 Å². The van der Waals surface area contributed by atoms with E-state index in [2.05, 4.69) is 6.92 Å². The van der Waals surface area contributed by atoms with Crippen molar-refractivity contribution < 1.29 is 4.79 Å². The third-order valence-electron chi connectivity index (χ3n) is 3.67. The van der Waals surface area contributed by atoms with E-state index in [-0.39, 0.29) is 11.7 Å². The van der Waals surface area contributed by atoms with E-state index < -0.39 is 0 Å². The molecule has 0 aromatic heterocycles. The SMILES string of the molecule is CC1CCCC(C(=O)c2cc(Cl)c(N)c(Cl)c2)C1. The number of rotatable bonds is 2. The molecule has 2 atom stereocenters. The number of carbonyl (C=O) groups excluding carboxylic acids is 1. The van der Waals surface area contributed by atoms with Crippen molar-refractivity contribution >= 4 is 34.7 Å². The first-order valence-corrected chi connectivity index (χ1v) is 7.03. The average molecular weight is 286 g/mol. The van der Waals surface area contributed by atoms with E-state index in [4.69, 9.17) is 28.9 Å². The van der Waals surface area contributed by atoms with Gasteiger partial charge in [0, 0.05) is 11.5 Å². The van der Waals surface area contributed by atoms with E-state index in [0.29, 0.717) is 27.2 Å². The first-order valence-electron chi connectivity index (χ1n) is 6.27. The molecule has 0 bridgehead atoms. The van der Waals surface area contributed by atoms with Gasteiger partial charge in [-0.25, -0.2) is 0 Å². The smallest absolute Gasteiger partial charge is 0.166 e. The summed E-state index contributed by atoms with van der Waals surface area (Å²) < 4.78 is 0. The van der Waals surface area contributed by atoms with Crippen LogP contribution in [0, 0.1) is 11.8 Å². The van der Waals surface area contributed by atoms with Crippen molar-refractivity contribution in [3.63, 3.8) is 0 Å². The molecule has 2 nitrogen and oxygen atoms in total. The van der Waals surface area contributed by atoms with E-state index in [0.717, 1.165) is 19.3 Å². The Morgan fingerprint density at radius 1 is 1.28 bits per heavy atom. The second-order valence-electron chi connectivity index (χ2n) is 5.19. The number of ketones is 1. The number of hydrogen-bond acceptors (Lipinski definition) is 2. The van der Waals surface area contributed by atoms with Gasteiger partial charge < -0.3 is 5.73 Å². The molecule has 0 saturated heterocycles. The van der Waals surface area contributed by atoms with E-state index in [1.165, 1.54) is 6.42 Å². The maximum Gasteiger partial charge on any atom is 0.166 e. The Morgan fingerprint density at radius 2 is 1.89 bits per heavy atom. The maximum atomic E-state index is 12.4. The molecule has 1 fully saturated rings. The van der Waals surface area contributed by atoms with Gasteiger partial charge in [-0.1, -0.05) is 43.0 Å². The summed E-state index contributed by atoms with van der Waals surface area (Å²) in [6.45, 7) is 2.20. The molecule has 4 heteroatoms. The highest BCUT2D eigenvalue weighted by atomic mass is 35.5. The monoisotopic (exact) mass is 285 g/mol. The fourth-order valence-corrected chi connectivity index (χ4v) is 3.12. The molecule has 98 valence electrons. The van der Waals surface area contributed by atoms with Crippen LogP contribution < -0.4 is 5.73 Å². The van der Waals surface area contributed by atoms with Crippen molar-refractivity contribution in [3.8, 4) is 0 Å². The number of hydrogen-bond donors (Lipinski definition) is 1. The van der Waals surface area contributed by atoms with Crippen LogP contribution >= 0.6 is 23.2 Å². The van der Waals surface area contributed by atoms with Crippen LogP contribution in [0.25, 0.3) is 0 Å². The lowest BCUT2D eigenvalue weighted by atomic mass is 9.79. The van der Waals surface area contributed by atoms with Crippen LogP contribution in [0.2, 0.25) is 10.0 Å². The summed E-state index contributed by atoms with van der Waals surface area (Å²) in [6.07, 6.45) is 4.25. The van der Waals surface area contributed by atoms with E-state index in [1.807, 2.05) is 0 Å². The Balaban J connectivity index is 2.23. The Morgan fingerprint density at radius 3 is 2.44 bits per heavy atom. The minimum atomic E-state index is 0.101. The lowest BCUT2D eigenvalue weighted by molar-refractivity contribution is 0.0868. The van der Waals surface area contributed by atoms with Crippen molar-refractivity contribution in [2.75, 3.05) is 5.73 Å². The fraction of sp³-hybridized carbons (Fsp3) is 0.500. The van der Waals surface area contributed by atoms with Crippen molar-refractivity contribution in [3.05, 3.63) is 27.7 Å². The molecule has 18 heavy (non-hydrogen) atoms. The Labute approximate surface area is 117 Å². The predicted molar refractivity (Wildman–Crippen MR) is 76.3 cm³/mol. The third-order valence-corrected chi connectivity index (χ3v) is 4.30. The summed E-state index contributed by atoms with van der Waals surface area (Å²) in [6, 6.07) is 3.26. The Kier molecular flexibility index (Phi) is 4.18. The molecule has 0 aliphatic heterocycles. The van der Waals surface area contributed by atoms with Gasteiger partial charge in [0.15, 0.2) is 5.78 Å². The topological polar surface area (TPSA) is 43.1 Å². The second-order valence-corrected chi connectivity index (χ2v) is 6.00. The number of nitrogens with two attached hydrogens (primary N) is 1. The molecule has 2 unspecified atom stereocenters. The molecular formula is C14H17Cl2NO. The van der Waals surface area contributed by atoms with Gasteiger partial charge in [-0.05, 0) is 30.9 Å². The Bertz CT molecular complexity index is 450. The minimum absolute atomic E-state index is 0.101. The van der Waals surface area contributed by atoms with Crippen molar-refractivity contribution in [2.45, 2.75) is 32.6 Å². The molecule has 1 aromatic carbocycles. The van der Waals surface area contributed by atoms with Crippen LogP contribution in [0.15, 0.2) is 12.1 Å². The molecule has 0 heterocycles. The molecule has 2 rings (SSSR count). The molecule has 1 aliphatic carbocycles. The molecular weight excluding hydrogens is 269 g/mol. The van der Waals surface area contributed by atoms with E-state index >= 15 is 0 Å². The zero-order valence-electron chi connectivity index (χ0n) is 10.4. The van der Waals surface area contributed by atoms with Crippen molar-refractivity contribution in [1.82, 2.24) is 0 Å². The quantitative estimate of drug-likeness (QED) is 0.638. The van der Waals surface area contributed by atoms with E-state index in [9.17, 15) is 4.79 Å². The fourth-order valence-electron chi connectivity index (χ4n) is 2.63. The summed E-state index contributed by atoms with van der Waals surface area (Å²) in [5.74, 6) is 0.863. The summed E-state index contributed by atoms with van der Waals surface area (Å²) in [5, 5.41) is 0.712. The lowest BCUT2D eigenvalue weighted by Crippen LogP contribution is -2.22. The summed E-state index contributed by atoms with van der Waals surface area (Å²) in [5.41, 5.74) is 6.60. The highest BCUT2D eigenvalue weighted by Gasteiger charge is 2.26. The molecule has 2 N–H and O–H groups in total. The Hall–Kier alpha value is -0.730. The molecule has 0 radical (unpaired) electrons. The lowest BCUT2D eigenvalue weighted by Gasteiger charge is -2.25. The average Bonchev–Trinajstić information content (AvgIpc) is 2.34. The van der Waals surface area contributed by atoms with Gasteiger partial charge in [0.05, 0.1) is 15.7 Å². The van der Waals surface area contributed by atoms with Gasteiger partial charge in [0.25, 0.3) is 0 Å². The molecule has 1 aliphatic rings. The van der Waals surface area contributed by atoms with Crippen LogP contribution in [0.3, 0.4) is 0 Å². The van der Waals surface area contributed by atoms with Gasteiger partial charge in [0.1, 0.15) is 0 Å². The van der Waals surface area contributed by atoms with Gasteiger partial charge in [-0.2, -0.15) is 0 Å². The zero-order valence-corrected chi connectivity index (χ0v) is 11.9. The number of Topliss-reactive ketones (excluding diaryl/α,β-unsaturated/α-hetero) is 1. The van der Waals surface area contributed by atoms with Gasteiger partial charge in [0.2, 0.25) is 0 Å². The number of halogens is 2. The molecule has 0 amide bonds. The van der Waals surface area contributed by atoms with Gasteiger partial charge >= 0.3 is 0 Å². The van der Waals surface area contributed by atoms with Crippen LogP contribution in [-0.2, 0) is 0 Å². The second kappa shape index (κ2) is 5.50. The molecule has 0 spiro atoms. The molecule has 1 aromatic rings. The molecule has 1 saturated carbocycles. The largest absolute Gasteiger partial charge is 0.396 e. The summed E-state index contributed by atoms with van der Waals surface area (Å²) in [7, 11) is 0. The number of benzene rings is 1. The standard InChI is InChI=1S/C14H17Cl2NO/c1-8-3-2-4-9(5-8)14(18)10-6-11(15)13(17)12(16)7-10/h6-9H,2-5,17H2,1H3. The van der Waals surface area contributed by atoms with Gasteiger partial charge in [-0.3, -0.25) is 4.79 Å². The van der Waals surface area contributed by atoms with Crippen LogP contribution in [0.1, 0.15) is 43.0 Å². The zero-order chi connectivity index (χ0) is 13.3. The van der Waals surface area contributed by atoms with Crippen LogP contribution in [-0.4, -0.2) is 5.78 Å². The van der Waals surface area contributed by atoms with E-state index in [1.54, 1.807) is 12.1 Å². The number of anilines is 1. The first-order chi connectivity index (χ1) is 8.49. The number of carbonyl (C=O) groups is 1. The summed E-state index contributed by atoms with van der Waals surface area (Å²) in [4.78, 5) is 12.4. The summed E-state index contributed by atoms with van der Waals surface area (Å²) >= 11 is 11.9. The minimum Gasteiger partial charge on any atom is -0.396 e. The highest BCUT2D eigenvalue weighted by molar-refractivity contribution is 6.39. The number of nitrogen functional groups attached to an aromatic ring is 1. The van der Waals surface area contributed by atoms with Crippen molar-refractivity contribution in [2.24, 2.45) is 11.8 Å². The highest BCUT2D eigenvalue weighted by Crippen LogP contribution is 2.34. The van der Waals surface area contributed by atoms with Crippen molar-refractivity contribution in [1.29, 1.82) is 0 Å². The maximum absolute atomic E-state index is 12.4.